The van der Waals surface area contributed by atoms with Crippen LogP contribution in [0.3, 0.4) is 0 Å². The highest BCUT2D eigenvalue weighted by molar-refractivity contribution is 7.13. The van der Waals surface area contributed by atoms with Crippen LogP contribution in [0.25, 0.3) is 0 Å². The number of carbonyl (C=O) groups is 1. The molecule has 2 rings (SSSR count). The number of carbonyl (C=O) groups excluding carboxylic acids is 1. The number of hydrazine groups is 1. The fourth-order valence-corrected chi connectivity index (χ4v) is 2.27. The summed E-state index contributed by atoms with van der Waals surface area (Å²) in [5, 5.41) is 15.3. The van der Waals surface area contributed by atoms with Gasteiger partial charge in [-0.25, -0.2) is 9.37 Å². The molecule has 0 bridgehead atoms. The van der Waals surface area contributed by atoms with Crippen molar-refractivity contribution in [3.05, 3.63) is 44.7 Å². The summed E-state index contributed by atoms with van der Waals surface area (Å²) in [7, 11) is 0. The van der Waals surface area contributed by atoms with Crippen molar-refractivity contribution in [1.82, 2.24) is 4.98 Å². The number of amides is 1. The van der Waals surface area contributed by atoms with Crippen molar-refractivity contribution in [2.24, 2.45) is 5.84 Å². The molecular formula is C11H10FN5O3S. The Hall–Kier alpha value is -2.59. The number of thiazole rings is 1. The van der Waals surface area contributed by atoms with Gasteiger partial charge in [-0.2, -0.15) is 0 Å². The Bertz CT molecular complexity index is 718. The Morgan fingerprint density at radius 1 is 1.52 bits per heavy atom. The zero-order valence-electron chi connectivity index (χ0n) is 10.7. The van der Waals surface area contributed by atoms with Crippen LogP contribution in [0.4, 0.5) is 20.9 Å². The Morgan fingerprint density at radius 2 is 2.24 bits per heavy atom. The van der Waals surface area contributed by atoms with Crippen LogP contribution in [0, 0.1) is 22.9 Å². The summed E-state index contributed by atoms with van der Waals surface area (Å²) < 4.78 is 13.5. The molecule has 0 aliphatic rings. The molecule has 0 fully saturated rings. The molecule has 0 unspecified atom stereocenters. The van der Waals surface area contributed by atoms with Crippen LogP contribution in [0.5, 0.6) is 0 Å². The minimum absolute atomic E-state index is 0.221. The number of halogens is 1. The highest BCUT2D eigenvalue weighted by Gasteiger charge is 2.24. The summed E-state index contributed by atoms with van der Waals surface area (Å²) >= 11 is 1.17. The number of nitro groups is 1. The maximum absolute atomic E-state index is 13.5. The molecule has 0 atom stereocenters. The first-order chi connectivity index (χ1) is 9.92. The van der Waals surface area contributed by atoms with E-state index in [4.69, 9.17) is 5.84 Å². The first-order valence-corrected chi connectivity index (χ1v) is 6.48. The largest absolute Gasteiger partial charge is 0.321 e. The van der Waals surface area contributed by atoms with E-state index in [1.807, 2.05) is 5.43 Å². The Labute approximate surface area is 121 Å². The van der Waals surface area contributed by atoms with Gasteiger partial charge >= 0.3 is 0 Å². The minimum atomic E-state index is -0.925. The average Bonchev–Trinajstić information content (AvgIpc) is 2.83. The molecule has 0 spiro atoms. The van der Waals surface area contributed by atoms with Crippen molar-refractivity contribution in [1.29, 1.82) is 0 Å². The first kappa shape index (κ1) is 14.8. The number of nitrogens with two attached hydrogens (primary N) is 1. The Morgan fingerprint density at radius 3 is 2.76 bits per heavy atom. The number of nitrogen functional groups attached to an aromatic ring is 1. The highest BCUT2D eigenvalue weighted by atomic mass is 32.1. The fraction of sp³-hybridized carbons (Fsp3) is 0.0909. The van der Waals surface area contributed by atoms with Gasteiger partial charge in [-0.1, -0.05) is 0 Å². The van der Waals surface area contributed by atoms with Crippen molar-refractivity contribution >= 4 is 33.8 Å². The zero-order valence-corrected chi connectivity index (χ0v) is 11.5. The maximum Gasteiger partial charge on any atom is 0.285 e. The lowest BCUT2D eigenvalue weighted by Gasteiger charge is -2.07. The summed E-state index contributed by atoms with van der Waals surface area (Å²) in [5.74, 6) is 3.40. The first-order valence-electron chi connectivity index (χ1n) is 5.60. The van der Waals surface area contributed by atoms with Gasteiger partial charge in [0, 0.05) is 5.38 Å². The highest BCUT2D eigenvalue weighted by Crippen LogP contribution is 2.27. The maximum atomic E-state index is 13.5. The normalized spacial score (nSPS) is 10.2. The van der Waals surface area contributed by atoms with Crippen molar-refractivity contribution in [3.8, 4) is 0 Å². The standard InChI is InChI=1S/C11H10FN5O3S/c1-5-4-21-11(14-5)15-10(18)6-2-8(16-13)7(12)3-9(6)17(19)20/h2-4,16H,13H2,1H3,(H,14,15,18). The summed E-state index contributed by atoms with van der Waals surface area (Å²) in [6, 6.07) is 1.61. The van der Waals surface area contributed by atoms with Crippen LogP contribution in [0.15, 0.2) is 17.5 Å². The molecule has 0 aliphatic carbocycles. The quantitative estimate of drug-likeness (QED) is 0.451. The lowest BCUT2D eigenvalue weighted by Crippen LogP contribution is -2.16. The van der Waals surface area contributed by atoms with Crippen LogP contribution in [-0.4, -0.2) is 15.8 Å². The predicted molar refractivity (Wildman–Crippen MR) is 75.7 cm³/mol. The van der Waals surface area contributed by atoms with Crippen molar-refractivity contribution in [3.63, 3.8) is 0 Å². The number of nitrogens with one attached hydrogen (secondary N) is 2. The van der Waals surface area contributed by atoms with Crippen molar-refractivity contribution in [2.75, 3.05) is 10.7 Å². The number of nitro benzene ring substituents is 1. The molecule has 4 N–H and O–H groups in total. The van der Waals surface area contributed by atoms with Crippen molar-refractivity contribution < 1.29 is 14.1 Å². The Kier molecular flexibility index (Phi) is 4.10. The number of anilines is 2. The lowest BCUT2D eigenvalue weighted by atomic mass is 10.1. The van der Waals surface area contributed by atoms with Crippen LogP contribution in [0.2, 0.25) is 0 Å². The predicted octanol–water partition coefficient (Wildman–Crippen LogP) is 2.04. The van der Waals surface area contributed by atoms with Gasteiger partial charge in [0.05, 0.1) is 22.4 Å². The number of rotatable bonds is 4. The molecule has 0 saturated carbocycles. The van der Waals surface area contributed by atoms with E-state index >= 15 is 0 Å². The number of hydrogen-bond donors (Lipinski definition) is 3. The van der Waals surface area contributed by atoms with Crippen LogP contribution in [-0.2, 0) is 0 Å². The molecule has 10 heteroatoms. The van der Waals surface area contributed by atoms with E-state index in [1.54, 1.807) is 12.3 Å². The van der Waals surface area contributed by atoms with Crippen LogP contribution in [0.1, 0.15) is 16.1 Å². The van der Waals surface area contributed by atoms with E-state index in [-0.39, 0.29) is 11.3 Å². The van der Waals surface area contributed by atoms with Crippen LogP contribution >= 0.6 is 11.3 Å². The second-order valence-corrected chi connectivity index (χ2v) is 4.86. The van der Waals surface area contributed by atoms with Gasteiger partial charge in [0.25, 0.3) is 11.6 Å². The second kappa shape index (κ2) is 5.81. The molecule has 110 valence electrons. The second-order valence-electron chi connectivity index (χ2n) is 4.00. The van der Waals surface area contributed by atoms with Gasteiger partial charge in [-0.15, -0.1) is 11.3 Å². The molecule has 1 heterocycles. The van der Waals surface area contributed by atoms with Gasteiger partial charge < -0.3 is 5.43 Å². The fourth-order valence-electron chi connectivity index (χ4n) is 1.58. The summed E-state index contributed by atoms with van der Waals surface area (Å²) in [6.45, 7) is 1.74. The SMILES string of the molecule is Cc1csc(NC(=O)c2cc(NN)c(F)cc2[N+](=O)[O-])n1. The zero-order chi connectivity index (χ0) is 15.6. The third-order valence-corrected chi connectivity index (χ3v) is 3.40. The molecular weight excluding hydrogens is 301 g/mol. The van der Waals surface area contributed by atoms with E-state index < -0.39 is 22.3 Å². The lowest BCUT2D eigenvalue weighted by molar-refractivity contribution is -0.385. The number of benzene rings is 1. The van der Waals surface area contributed by atoms with E-state index in [9.17, 15) is 19.3 Å². The molecule has 2 aromatic rings. The third kappa shape index (κ3) is 3.12. The minimum Gasteiger partial charge on any atom is -0.321 e. The smallest absolute Gasteiger partial charge is 0.285 e. The molecule has 0 aliphatic heterocycles. The number of hydrogen-bond acceptors (Lipinski definition) is 7. The Balaban J connectivity index is 2.40. The molecule has 21 heavy (non-hydrogen) atoms. The molecule has 0 radical (unpaired) electrons. The van der Waals surface area contributed by atoms with Gasteiger partial charge in [-0.05, 0) is 13.0 Å². The van der Waals surface area contributed by atoms with Crippen LogP contribution < -0.4 is 16.6 Å². The van der Waals surface area contributed by atoms with Gasteiger partial charge in [-0.3, -0.25) is 26.1 Å². The van der Waals surface area contributed by atoms with Crippen molar-refractivity contribution in [2.45, 2.75) is 6.92 Å². The van der Waals surface area contributed by atoms with Gasteiger partial charge in [0.1, 0.15) is 5.56 Å². The van der Waals surface area contributed by atoms with E-state index in [2.05, 4.69) is 10.3 Å². The third-order valence-electron chi connectivity index (χ3n) is 2.52. The van der Waals surface area contributed by atoms with Gasteiger partial charge in [0.2, 0.25) is 0 Å². The molecule has 1 aromatic heterocycles. The summed E-state index contributed by atoms with van der Waals surface area (Å²) in [6.07, 6.45) is 0. The number of aryl methyl sites for hydroxylation is 1. The molecule has 1 amide bonds. The number of nitrogens with zero attached hydrogens (tertiary/aromatic N) is 2. The van der Waals surface area contributed by atoms with E-state index in [1.165, 1.54) is 11.3 Å². The molecule has 8 nitrogen and oxygen atoms in total. The topological polar surface area (TPSA) is 123 Å². The number of aromatic nitrogens is 1. The molecule has 0 saturated heterocycles. The summed E-state index contributed by atoms with van der Waals surface area (Å²) in [5.41, 5.74) is 1.54. The van der Waals surface area contributed by atoms with E-state index in [0.717, 1.165) is 6.07 Å². The molecule has 1 aromatic carbocycles. The average molecular weight is 311 g/mol. The monoisotopic (exact) mass is 311 g/mol. The van der Waals surface area contributed by atoms with E-state index in [0.29, 0.717) is 16.9 Å². The van der Waals surface area contributed by atoms with Gasteiger partial charge in [0.15, 0.2) is 10.9 Å². The summed E-state index contributed by atoms with van der Waals surface area (Å²) in [4.78, 5) is 26.2.